The number of rotatable bonds is 7. The maximum atomic E-state index is 12.5. The Bertz CT molecular complexity index is 1070. The van der Waals surface area contributed by atoms with Crippen LogP contribution in [0.5, 0.6) is 11.5 Å². The SMILES string of the molecule is COc1cn(Cc2cccc(OC(F)F)c2)c(Nc2cccc(Cl)c2C)nc1=O. The Balaban J connectivity index is 1.99. The third-order valence-corrected chi connectivity index (χ3v) is 4.58. The third-order valence-electron chi connectivity index (χ3n) is 4.17. The lowest BCUT2D eigenvalue weighted by atomic mass is 10.2. The third kappa shape index (κ3) is 5.03. The molecule has 1 aromatic heterocycles. The van der Waals surface area contributed by atoms with Crippen LogP contribution in [0.4, 0.5) is 20.4 Å². The van der Waals surface area contributed by atoms with Gasteiger partial charge in [-0.1, -0.05) is 29.8 Å². The van der Waals surface area contributed by atoms with Gasteiger partial charge in [0.15, 0.2) is 0 Å². The number of nitrogens with zero attached hydrogens (tertiary/aromatic N) is 2. The zero-order valence-corrected chi connectivity index (χ0v) is 16.4. The maximum Gasteiger partial charge on any atom is 0.387 e. The summed E-state index contributed by atoms with van der Waals surface area (Å²) in [4.78, 5) is 16.2. The van der Waals surface area contributed by atoms with Crippen molar-refractivity contribution in [2.75, 3.05) is 12.4 Å². The van der Waals surface area contributed by atoms with Crippen molar-refractivity contribution in [3.05, 3.63) is 75.2 Å². The molecule has 0 amide bonds. The highest BCUT2D eigenvalue weighted by molar-refractivity contribution is 6.31. The zero-order valence-electron chi connectivity index (χ0n) is 15.7. The van der Waals surface area contributed by atoms with E-state index >= 15 is 0 Å². The minimum Gasteiger partial charge on any atom is -0.490 e. The first kappa shape index (κ1) is 20.6. The topological polar surface area (TPSA) is 65.4 Å². The Labute approximate surface area is 170 Å². The fraction of sp³-hybridized carbons (Fsp3) is 0.200. The van der Waals surface area contributed by atoms with E-state index in [1.54, 1.807) is 34.9 Å². The summed E-state index contributed by atoms with van der Waals surface area (Å²) in [7, 11) is 1.37. The van der Waals surface area contributed by atoms with E-state index in [2.05, 4.69) is 15.0 Å². The Hall–Kier alpha value is -3.13. The maximum absolute atomic E-state index is 12.5. The van der Waals surface area contributed by atoms with Gasteiger partial charge in [0.25, 0.3) is 0 Å². The number of alkyl halides is 2. The molecule has 0 aliphatic heterocycles. The van der Waals surface area contributed by atoms with Gasteiger partial charge in [-0.25, -0.2) is 0 Å². The molecule has 3 aromatic rings. The van der Waals surface area contributed by atoms with Crippen LogP contribution in [-0.4, -0.2) is 23.3 Å². The molecular formula is C20H18ClF2N3O3. The van der Waals surface area contributed by atoms with Crippen LogP contribution in [0.1, 0.15) is 11.1 Å². The summed E-state index contributed by atoms with van der Waals surface area (Å²) in [6.45, 7) is -0.851. The highest BCUT2D eigenvalue weighted by atomic mass is 35.5. The molecule has 6 nitrogen and oxygen atoms in total. The number of methoxy groups -OCH3 is 1. The first-order valence-corrected chi connectivity index (χ1v) is 8.96. The molecule has 9 heteroatoms. The molecule has 0 bridgehead atoms. The van der Waals surface area contributed by atoms with Gasteiger partial charge in [-0.15, -0.1) is 0 Å². The molecule has 0 aliphatic carbocycles. The lowest BCUT2D eigenvalue weighted by Gasteiger charge is -2.17. The van der Waals surface area contributed by atoms with Crippen LogP contribution in [0.25, 0.3) is 0 Å². The highest BCUT2D eigenvalue weighted by Crippen LogP contribution is 2.26. The molecule has 0 radical (unpaired) electrons. The molecule has 3 rings (SSSR count). The zero-order chi connectivity index (χ0) is 21.0. The van der Waals surface area contributed by atoms with Crippen LogP contribution >= 0.6 is 11.6 Å². The largest absolute Gasteiger partial charge is 0.490 e. The summed E-state index contributed by atoms with van der Waals surface area (Å²) < 4.78 is 36.1. The van der Waals surface area contributed by atoms with E-state index in [0.717, 1.165) is 5.56 Å². The number of aromatic nitrogens is 2. The number of halogens is 3. The minimum absolute atomic E-state index is 0.0404. The van der Waals surface area contributed by atoms with E-state index in [9.17, 15) is 13.6 Å². The Kier molecular flexibility index (Phi) is 6.33. The number of hydrogen-bond donors (Lipinski definition) is 1. The van der Waals surface area contributed by atoms with Gasteiger partial charge in [0.1, 0.15) is 5.75 Å². The fourth-order valence-electron chi connectivity index (χ4n) is 2.71. The average molecular weight is 422 g/mol. The lowest BCUT2D eigenvalue weighted by molar-refractivity contribution is -0.0498. The van der Waals surface area contributed by atoms with Gasteiger partial charge in [0, 0.05) is 10.7 Å². The minimum atomic E-state index is -2.91. The highest BCUT2D eigenvalue weighted by Gasteiger charge is 2.12. The molecule has 1 heterocycles. The number of nitrogens with one attached hydrogen (secondary N) is 1. The van der Waals surface area contributed by atoms with Crippen molar-refractivity contribution in [3.63, 3.8) is 0 Å². The van der Waals surface area contributed by atoms with Gasteiger partial charge in [0.05, 0.1) is 19.9 Å². The van der Waals surface area contributed by atoms with Crippen LogP contribution in [0.3, 0.4) is 0 Å². The van der Waals surface area contributed by atoms with Crippen LogP contribution in [0, 0.1) is 6.92 Å². The monoisotopic (exact) mass is 421 g/mol. The van der Waals surface area contributed by atoms with E-state index in [1.165, 1.54) is 25.4 Å². The average Bonchev–Trinajstić information content (AvgIpc) is 2.67. The molecule has 0 fully saturated rings. The van der Waals surface area contributed by atoms with Crippen molar-refractivity contribution >= 4 is 23.2 Å². The second-order valence-electron chi connectivity index (χ2n) is 6.13. The van der Waals surface area contributed by atoms with E-state index in [-0.39, 0.29) is 24.0 Å². The summed E-state index contributed by atoms with van der Waals surface area (Å²) in [6.07, 6.45) is 1.50. The predicted octanol–water partition coefficient (Wildman–Crippen LogP) is 4.61. The van der Waals surface area contributed by atoms with Crippen LogP contribution in [-0.2, 0) is 6.54 Å². The van der Waals surface area contributed by atoms with Gasteiger partial charge in [0.2, 0.25) is 11.7 Å². The van der Waals surface area contributed by atoms with Crippen molar-refractivity contribution in [3.8, 4) is 11.5 Å². The Morgan fingerprint density at radius 1 is 1.24 bits per heavy atom. The quantitative estimate of drug-likeness (QED) is 0.603. The predicted molar refractivity (Wildman–Crippen MR) is 107 cm³/mol. The second kappa shape index (κ2) is 8.91. The first-order valence-electron chi connectivity index (χ1n) is 8.58. The molecule has 152 valence electrons. The molecule has 0 atom stereocenters. The van der Waals surface area contributed by atoms with Crippen molar-refractivity contribution in [2.24, 2.45) is 0 Å². The van der Waals surface area contributed by atoms with Crippen molar-refractivity contribution in [1.82, 2.24) is 9.55 Å². The number of hydrogen-bond acceptors (Lipinski definition) is 5. The van der Waals surface area contributed by atoms with Crippen molar-refractivity contribution in [2.45, 2.75) is 20.1 Å². The van der Waals surface area contributed by atoms with E-state index in [4.69, 9.17) is 16.3 Å². The molecule has 0 aliphatic rings. The van der Waals surface area contributed by atoms with Gasteiger partial charge >= 0.3 is 12.2 Å². The van der Waals surface area contributed by atoms with Crippen LogP contribution < -0.4 is 20.3 Å². The summed E-state index contributed by atoms with van der Waals surface area (Å²) in [6, 6.07) is 11.6. The number of ether oxygens (including phenoxy) is 2. The van der Waals surface area contributed by atoms with Crippen LogP contribution in [0.2, 0.25) is 5.02 Å². The van der Waals surface area contributed by atoms with Crippen molar-refractivity contribution in [1.29, 1.82) is 0 Å². The standard InChI is InChI=1S/C20H18ClF2N3O3/c1-12-15(21)7-4-8-16(12)24-20-25-18(27)17(28-2)11-26(20)10-13-5-3-6-14(9-13)29-19(22)23/h3-9,11,19H,10H2,1-2H3,(H,24,25,27). The normalized spacial score (nSPS) is 10.8. The molecular weight excluding hydrogens is 404 g/mol. The van der Waals surface area contributed by atoms with Crippen LogP contribution in [0.15, 0.2) is 53.5 Å². The first-order chi connectivity index (χ1) is 13.9. The summed E-state index contributed by atoms with van der Waals surface area (Å²) in [5.74, 6) is 0.346. The summed E-state index contributed by atoms with van der Waals surface area (Å²) >= 11 is 6.16. The second-order valence-corrected chi connectivity index (χ2v) is 6.54. The Morgan fingerprint density at radius 2 is 2.00 bits per heavy atom. The molecule has 1 N–H and O–H groups in total. The van der Waals surface area contributed by atoms with Crippen molar-refractivity contribution < 1.29 is 18.3 Å². The summed E-state index contributed by atoms with van der Waals surface area (Å²) in [5, 5.41) is 3.67. The van der Waals surface area contributed by atoms with Gasteiger partial charge in [-0.2, -0.15) is 13.8 Å². The molecule has 0 saturated carbocycles. The molecule has 0 saturated heterocycles. The van der Waals surface area contributed by atoms with Gasteiger partial charge in [-0.3, -0.25) is 4.79 Å². The fourth-order valence-corrected chi connectivity index (χ4v) is 2.89. The van der Waals surface area contributed by atoms with E-state index in [1.807, 2.05) is 6.92 Å². The van der Waals surface area contributed by atoms with E-state index in [0.29, 0.717) is 16.3 Å². The molecule has 29 heavy (non-hydrogen) atoms. The number of anilines is 2. The molecule has 0 spiro atoms. The number of benzene rings is 2. The molecule has 0 unspecified atom stereocenters. The molecule has 2 aromatic carbocycles. The van der Waals surface area contributed by atoms with Gasteiger partial charge in [-0.05, 0) is 42.3 Å². The Morgan fingerprint density at radius 3 is 2.72 bits per heavy atom. The summed E-state index contributed by atoms with van der Waals surface area (Å²) in [5.41, 5.74) is 1.60. The smallest absolute Gasteiger partial charge is 0.387 e. The van der Waals surface area contributed by atoms with Gasteiger partial charge < -0.3 is 19.4 Å². The lowest BCUT2D eigenvalue weighted by Crippen LogP contribution is -2.19. The van der Waals surface area contributed by atoms with E-state index < -0.39 is 12.2 Å².